The van der Waals surface area contributed by atoms with Crippen LogP contribution in [0.15, 0.2) is 65.1 Å². The molecule has 6 rings (SSSR count). The largest absolute Gasteiger partial charge is 0.496 e. The SMILES string of the molecule is COc1c2cc(Br)cc1Cc1cc(C(C)(C)C)cc(c1OC)Cc1cc(C(C)(C)C)cc(c1OC)Cc1cc(C(C)(C)C)cc(c1OC)Cc1cc(C(C)(C)C)cc(c1OC)C2. The Balaban J connectivity index is 1.79. The minimum absolute atomic E-state index is 0.114. The quantitative estimate of drug-likeness (QED) is 0.172. The minimum Gasteiger partial charge on any atom is -0.496 e. The van der Waals surface area contributed by atoms with E-state index < -0.39 is 0 Å². The van der Waals surface area contributed by atoms with Crippen LogP contribution in [0.3, 0.4) is 0 Å². The van der Waals surface area contributed by atoms with E-state index in [1.54, 1.807) is 21.3 Å². The first kappa shape index (κ1) is 47.1. The Morgan fingerprint density at radius 1 is 0.290 bits per heavy atom. The van der Waals surface area contributed by atoms with Crippen LogP contribution in [0.4, 0.5) is 0 Å². The van der Waals surface area contributed by atoms with Gasteiger partial charge < -0.3 is 23.7 Å². The third-order valence-electron chi connectivity index (χ3n) is 12.6. The lowest BCUT2D eigenvalue weighted by Gasteiger charge is -2.28. The van der Waals surface area contributed by atoms with Gasteiger partial charge in [0, 0.05) is 47.7 Å². The first-order valence-corrected chi connectivity index (χ1v) is 22.9. The van der Waals surface area contributed by atoms with Crippen LogP contribution in [0.1, 0.15) is 161 Å². The van der Waals surface area contributed by atoms with Crippen LogP contribution in [0.5, 0.6) is 28.7 Å². The van der Waals surface area contributed by atoms with Gasteiger partial charge in [-0.15, -0.1) is 0 Å². The molecule has 6 heteroatoms. The summed E-state index contributed by atoms with van der Waals surface area (Å²) in [4.78, 5) is 0. The number of hydrogen-bond acceptors (Lipinski definition) is 5. The van der Waals surface area contributed by atoms with E-state index >= 15 is 0 Å². The van der Waals surface area contributed by atoms with Crippen molar-refractivity contribution in [2.45, 2.75) is 137 Å². The normalized spacial score (nSPS) is 13.6. The first-order chi connectivity index (χ1) is 28.9. The molecule has 332 valence electrons. The number of fused-ring (bicyclic) bond motifs is 10. The molecule has 62 heavy (non-hydrogen) atoms. The highest BCUT2D eigenvalue weighted by atomic mass is 79.9. The molecule has 0 saturated heterocycles. The molecule has 0 aliphatic heterocycles. The summed E-state index contributed by atoms with van der Waals surface area (Å²) in [6.07, 6.45) is 3.15. The van der Waals surface area contributed by atoms with E-state index in [0.717, 1.165) is 88.9 Å². The number of hydrogen-bond donors (Lipinski definition) is 0. The van der Waals surface area contributed by atoms with Gasteiger partial charge in [0.25, 0.3) is 0 Å². The Hall–Kier alpha value is -4.42. The van der Waals surface area contributed by atoms with Crippen LogP contribution >= 0.6 is 15.9 Å². The van der Waals surface area contributed by atoms with Crippen molar-refractivity contribution < 1.29 is 23.7 Å². The number of methoxy groups -OCH3 is 5. The minimum atomic E-state index is -0.115. The molecule has 5 aromatic rings. The monoisotopic (exact) mass is 902 g/mol. The molecule has 0 amide bonds. The molecule has 0 saturated carbocycles. The summed E-state index contributed by atoms with van der Waals surface area (Å²) in [6.45, 7) is 27.4. The highest BCUT2D eigenvalue weighted by Crippen LogP contribution is 2.44. The van der Waals surface area contributed by atoms with Crippen molar-refractivity contribution in [3.63, 3.8) is 0 Å². The van der Waals surface area contributed by atoms with E-state index in [4.69, 9.17) is 23.7 Å². The predicted molar refractivity (Wildman–Crippen MR) is 261 cm³/mol. The van der Waals surface area contributed by atoms with Gasteiger partial charge in [0.1, 0.15) is 28.7 Å². The van der Waals surface area contributed by atoms with E-state index in [0.29, 0.717) is 32.1 Å². The van der Waals surface area contributed by atoms with E-state index in [1.165, 1.54) is 22.3 Å². The Kier molecular flexibility index (Phi) is 13.4. The van der Waals surface area contributed by atoms with Gasteiger partial charge in [-0.05, 0) is 101 Å². The fourth-order valence-corrected chi connectivity index (χ4v) is 9.66. The Morgan fingerprint density at radius 3 is 0.565 bits per heavy atom. The fraction of sp³-hybridized carbons (Fsp3) is 0.464. The van der Waals surface area contributed by atoms with E-state index in [-0.39, 0.29) is 21.7 Å². The molecule has 0 N–H and O–H groups in total. The average Bonchev–Trinajstić information content (AvgIpc) is 3.15. The lowest BCUT2D eigenvalue weighted by Crippen LogP contribution is -2.16. The van der Waals surface area contributed by atoms with Gasteiger partial charge in [-0.1, -0.05) is 148 Å². The lowest BCUT2D eigenvalue weighted by atomic mass is 9.79. The second-order valence-corrected chi connectivity index (χ2v) is 22.4. The summed E-state index contributed by atoms with van der Waals surface area (Å²) in [5, 5.41) is 0. The van der Waals surface area contributed by atoms with Crippen LogP contribution in [-0.4, -0.2) is 35.5 Å². The van der Waals surface area contributed by atoms with E-state index in [1.807, 2.05) is 14.2 Å². The molecule has 0 atom stereocenters. The molecule has 0 aromatic heterocycles. The molecule has 0 heterocycles. The summed E-state index contributed by atoms with van der Waals surface area (Å²) in [7, 11) is 9.00. The van der Waals surface area contributed by atoms with Crippen LogP contribution in [0.2, 0.25) is 0 Å². The van der Waals surface area contributed by atoms with Crippen LogP contribution < -0.4 is 23.7 Å². The maximum absolute atomic E-state index is 6.50. The Labute approximate surface area is 382 Å². The summed E-state index contributed by atoms with van der Waals surface area (Å²) < 4.78 is 33.3. The second kappa shape index (κ2) is 17.6. The third kappa shape index (κ3) is 9.86. The molecular formula is C56H71BrO5. The molecule has 0 radical (unpaired) electrons. The van der Waals surface area contributed by atoms with E-state index in [2.05, 4.69) is 160 Å². The van der Waals surface area contributed by atoms with Crippen molar-refractivity contribution >= 4 is 15.9 Å². The number of ether oxygens (including phenoxy) is 5. The van der Waals surface area contributed by atoms with Crippen LogP contribution in [0.25, 0.3) is 0 Å². The number of rotatable bonds is 5. The Bertz CT molecular complexity index is 2300. The van der Waals surface area contributed by atoms with Crippen molar-refractivity contribution in [2.75, 3.05) is 35.5 Å². The van der Waals surface area contributed by atoms with Gasteiger partial charge in [0.15, 0.2) is 0 Å². The molecule has 5 aromatic carbocycles. The number of halogens is 1. The highest BCUT2D eigenvalue weighted by Gasteiger charge is 2.29. The zero-order chi connectivity index (χ0) is 45.7. The second-order valence-electron chi connectivity index (χ2n) is 21.5. The third-order valence-corrected chi connectivity index (χ3v) is 13.0. The Morgan fingerprint density at radius 2 is 0.435 bits per heavy atom. The van der Waals surface area contributed by atoms with Crippen molar-refractivity contribution in [1.82, 2.24) is 0 Å². The molecular weight excluding hydrogens is 833 g/mol. The van der Waals surface area contributed by atoms with Gasteiger partial charge in [-0.2, -0.15) is 0 Å². The predicted octanol–water partition coefficient (Wildman–Crippen LogP) is 13.9. The molecule has 1 aliphatic rings. The summed E-state index contributed by atoms with van der Waals surface area (Å²) in [5.74, 6) is 4.42. The standard InChI is InChI=1S/C56H71BrO5/c1-53(2,3)43-23-33-18-34-24-44(54(4,5)6)26-36(49(34)59-14)20-38-28-46(56(10,11)12)30-40(51(38)61-16)22-42-32-47(57)31-41(52(42)62-17)21-39-29-45(55(7,8)9)27-37(50(39)60-15)19-35(25-43)48(33)58-13/h23-32H,18-22H2,1-17H3. The molecule has 0 spiro atoms. The topological polar surface area (TPSA) is 46.2 Å². The lowest BCUT2D eigenvalue weighted by molar-refractivity contribution is 0.395. The molecule has 0 fully saturated rings. The van der Waals surface area contributed by atoms with Gasteiger partial charge in [0.2, 0.25) is 0 Å². The maximum atomic E-state index is 6.50. The van der Waals surface area contributed by atoms with Crippen LogP contribution in [0, 0.1) is 0 Å². The smallest absolute Gasteiger partial charge is 0.125 e. The van der Waals surface area contributed by atoms with Crippen molar-refractivity contribution in [3.8, 4) is 28.7 Å². The summed E-state index contributed by atoms with van der Waals surface area (Å²) in [6, 6.07) is 23.1. The zero-order valence-electron chi connectivity index (χ0n) is 40.7. The average molecular weight is 904 g/mol. The van der Waals surface area contributed by atoms with Crippen LogP contribution in [-0.2, 0) is 53.8 Å². The molecule has 0 unspecified atom stereocenters. The zero-order valence-corrected chi connectivity index (χ0v) is 42.3. The van der Waals surface area contributed by atoms with Crippen molar-refractivity contribution in [2.24, 2.45) is 0 Å². The molecule has 5 nitrogen and oxygen atoms in total. The molecule has 10 bridgehead atoms. The van der Waals surface area contributed by atoms with E-state index in [9.17, 15) is 0 Å². The first-order valence-electron chi connectivity index (χ1n) is 22.1. The molecule has 1 aliphatic carbocycles. The fourth-order valence-electron chi connectivity index (χ4n) is 9.11. The number of benzene rings is 5. The van der Waals surface area contributed by atoms with Gasteiger partial charge in [0.05, 0.1) is 35.5 Å². The van der Waals surface area contributed by atoms with Crippen molar-refractivity contribution in [3.05, 3.63) is 143 Å². The van der Waals surface area contributed by atoms with Gasteiger partial charge in [-0.3, -0.25) is 0 Å². The van der Waals surface area contributed by atoms with Gasteiger partial charge >= 0.3 is 0 Å². The highest BCUT2D eigenvalue weighted by molar-refractivity contribution is 9.10. The summed E-state index contributed by atoms with van der Waals surface area (Å²) in [5.41, 5.74) is 15.7. The van der Waals surface area contributed by atoms with Crippen molar-refractivity contribution in [1.29, 1.82) is 0 Å². The van der Waals surface area contributed by atoms with Gasteiger partial charge in [-0.25, -0.2) is 0 Å². The maximum Gasteiger partial charge on any atom is 0.125 e. The summed E-state index contributed by atoms with van der Waals surface area (Å²) >= 11 is 3.93.